The second-order valence-corrected chi connectivity index (χ2v) is 6.76. The molecule has 3 rings (SSSR count). The summed E-state index contributed by atoms with van der Waals surface area (Å²) in [7, 11) is 0. The van der Waals surface area contributed by atoms with Crippen molar-refractivity contribution in [3.05, 3.63) is 102 Å². The highest BCUT2D eigenvalue weighted by atomic mass is 16.5. The molecule has 4 nitrogen and oxygen atoms in total. The predicted octanol–water partition coefficient (Wildman–Crippen LogP) is 5.11. The van der Waals surface area contributed by atoms with Gasteiger partial charge in [0.05, 0.1) is 5.69 Å². The molecule has 1 aromatic heterocycles. The second-order valence-electron chi connectivity index (χ2n) is 6.76. The van der Waals surface area contributed by atoms with Crippen LogP contribution in [0.4, 0.5) is 0 Å². The third kappa shape index (κ3) is 6.61. The van der Waals surface area contributed by atoms with Gasteiger partial charge in [0, 0.05) is 25.4 Å². The molecule has 148 valence electrons. The van der Waals surface area contributed by atoms with E-state index in [1.54, 1.807) is 12.3 Å². The number of ether oxygens (including phenoxy) is 1. The molecule has 0 saturated heterocycles. The number of rotatable bonds is 9. The summed E-state index contributed by atoms with van der Waals surface area (Å²) < 4.78 is 5.75. The fraction of sp³-hybridized carbons (Fsp3) is 0.200. The molecule has 0 N–H and O–H groups in total. The molecule has 0 spiro atoms. The summed E-state index contributed by atoms with van der Waals surface area (Å²) in [6.45, 7) is 3.87. The second kappa shape index (κ2) is 10.8. The summed E-state index contributed by atoms with van der Waals surface area (Å²) in [4.78, 5) is 18.8. The standard InChI is InChI=1S/C25H26N2O2/c1-2-18-27(19-22-8-4-3-5-9-22)25(28)16-13-21-11-14-24(15-12-21)29-20-23-10-6-7-17-26-23/h3-17H,2,18-20H2,1H3/b16-13+. The molecule has 29 heavy (non-hydrogen) atoms. The number of carbonyl (C=O) groups is 1. The van der Waals surface area contributed by atoms with Gasteiger partial charge in [-0.05, 0) is 47.9 Å². The first-order valence-corrected chi connectivity index (χ1v) is 9.88. The van der Waals surface area contributed by atoms with Gasteiger partial charge in [0.25, 0.3) is 0 Å². The first-order valence-electron chi connectivity index (χ1n) is 9.88. The van der Waals surface area contributed by atoms with Gasteiger partial charge in [-0.15, -0.1) is 0 Å². The van der Waals surface area contributed by atoms with Gasteiger partial charge in [0.15, 0.2) is 0 Å². The molecule has 2 aromatic carbocycles. The largest absolute Gasteiger partial charge is 0.487 e. The van der Waals surface area contributed by atoms with E-state index in [4.69, 9.17) is 4.74 Å². The number of carbonyl (C=O) groups excluding carboxylic acids is 1. The summed E-state index contributed by atoms with van der Waals surface area (Å²) in [6, 6.07) is 23.5. The van der Waals surface area contributed by atoms with E-state index in [2.05, 4.69) is 11.9 Å². The van der Waals surface area contributed by atoms with Crippen LogP contribution >= 0.6 is 0 Å². The van der Waals surface area contributed by atoms with E-state index in [0.29, 0.717) is 13.2 Å². The first-order chi connectivity index (χ1) is 14.2. The lowest BCUT2D eigenvalue weighted by molar-refractivity contribution is -0.126. The molecule has 4 heteroatoms. The molecule has 0 aliphatic rings. The SMILES string of the molecule is CCCN(Cc1ccccc1)C(=O)/C=C/c1ccc(OCc2ccccn2)cc1. The van der Waals surface area contributed by atoms with Gasteiger partial charge < -0.3 is 9.64 Å². The van der Waals surface area contributed by atoms with Crippen molar-refractivity contribution in [1.29, 1.82) is 0 Å². The predicted molar refractivity (Wildman–Crippen MR) is 116 cm³/mol. The maximum Gasteiger partial charge on any atom is 0.246 e. The zero-order valence-electron chi connectivity index (χ0n) is 16.7. The Hall–Kier alpha value is -3.40. The van der Waals surface area contributed by atoms with Crippen molar-refractivity contribution in [1.82, 2.24) is 9.88 Å². The average molecular weight is 386 g/mol. The van der Waals surface area contributed by atoms with Gasteiger partial charge in [0.1, 0.15) is 12.4 Å². The van der Waals surface area contributed by atoms with E-state index in [9.17, 15) is 4.79 Å². The molecular weight excluding hydrogens is 360 g/mol. The number of benzene rings is 2. The lowest BCUT2D eigenvalue weighted by Crippen LogP contribution is -2.29. The van der Waals surface area contributed by atoms with E-state index in [-0.39, 0.29) is 5.91 Å². The molecule has 0 bridgehead atoms. The van der Waals surface area contributed by atoms with Crippen molar-refractivity contribution in [2.24, 2.45) is 0 Å². The van der Waals surface area contributed by atoms with Crippen LogP contribution in [0.25, 0.3) is 6.08 Å². The van der Waals surface area contributed by atoms with Crippen molar-refractivity contribution >= 4 is 12.0 Å². The molecule has 0 aliphatic heterocycles. The van der Waals surface area contributed by atoms with Crippen LogP contribution in [0.2, 0.25) is 0 Å². The van der Waals surface area contributed by atoms with Crippen LogP contribution in [-0.2, 0) is 17.9 Å². The molecule has 0 radical (unpaired) electrons. The summed E-state index contributed by atoms with van der Waals surface area (Å²) in [5.41, 5.74) is 2.98. The van der Waals surface area contributed by atoms with Gasteiger partial charge in [-0.2, -0.15) is 0 Å². The number of aromatic nitrogens is 1. The Bertz CT molecular complexity index is 907. The van der Waals surface area contributed by atoms with E-state index >= 15 is 0 Å². The van der Waals surface area contributed by atoms with Crippen LogP contribution in [-0.4, -0.2) is 22.3 Å². The zero-order chi connectivity index (χ0) is 20.3. The van der Waals surface area contributed by atoms with E-state index in [1.165, 1.54) is 0 Å². The van der Waals surface area contributed by atoms with Crippen molar-refractivity contribution < 1.29 is 9.53 Å². The number of pyridine rings is 1. The van der Waals surface area contributed by atoms with Gasteiger partial charge in [0.2, 0.25) is 5.91 Å². The smallest absolute Gasteiger partial charge is 0.246 e. The number of amides is 1. The number of hydrogen-bond acceptors (Lipinski definition) is 3. The lowest BCUT2D eigenvalue weighted by Gasteiger charge is -2.20. The molecule has 0 unspecified atom stereocenters. The normalized spacial score (nSPS) is 10.8. The molecule has 0 atom stereocenters. The van der Waals surface area contributed by atoms with Gasteiger partial charge in [-0.25, -0.2) is 0 Å². The summed E-state index contributed by atoms with van der Waals surface area (Å²) in [5, 5.41) is 0. The Labute approximate surface area is 172 Å². The van der Waals surface area contributed by atoms with Gasteiger partial charge in [-0.1, -0.05) is 55.5 Å². The minimum atomic E-state index is 0.0196. The van der Waals surface area contributed by atoms with Gasteiger partial charge >= 0.3 is 0 Å². The Morgan fingerprint density at radius 1 is 1.00 bits per heavy atom. The van der Waals surface area contributed by atoms with Crippen LogP contribution in [0.3, 0.4) is 0 Å². The maximum absolute atomic E-state index is 12.6. The molecular formula is C25H26N2O2. The number of hydrogen-bond donors (Lipinski definition) is 0. The monoisotopic (exact) mass is 386 g/mol. The van der Waals surface area contributed by atoms with E-state index in [0.717, 1.165) is 35.5 Å². The summed E-state index contributed by atoms with van der Waals surface area (Å²) in [6.07, 6.45) is 6.17. The van der Waals surface area contributed by atoms with Crippen LogP contribution in [0.15, 0.2) is 85.1 Å². The van der Waals surface area contributed by atoms with Crippen molar-refractivity contribution in [2.45, 2.75) is 26.5 Å². The minimum absolute atomic E-state index is 0.0196. The van der Waals surface area contributed by atoms with Crippen LogP contribution in [0.1, 0.15) is 30.2 Å². The molecule has 0 saturated carbocycles. The highest BCUT2D eigenvalue weighted by Crippen LogP contribution is 2.15. The molecule has 1 heterocycles. The number of nitrogens with zero attached hydrogens (tertiary/aromatic N) is 2. The van der Waals surface area contributed by atoms with Crippen molar-refractivity contribution in [2.75, 3.05) is 6.54 Å². The van der Waals surface area contributed by atoms with E-state index < -0.39 is 0 Å². The Morgan fingerprint density at radius 3 is 2.45 bits per heavy atom. The highest BCUT2D eigenvalue weighted by molar-refractivity contribution is 5.91. The van der Waals surface area contributed by atoms with Crippen LogP contribution in [0.5, 0.6) is 5.75 Å². The Kier molecular flexibility index (Phi) is 7.58. The Morgan fingerprint density at radius 2 is 1.76 bits per heavy atom. The highest BCUT2D eigenvalue weighted by Gasteiger charge is 2.10. The average Bonchev–Trinajstić information content (AvgIpc) is 2.78. The fourth-order valence-electron chi connectivity index (χ4n) is 2.93. The van der Waals surface area contributed by atoms with Crippen molar-refractivity contribution in [3.63, 3.8) is 0 Å². The minimum Gasteiger partial charge on any atom is -0.487 e. The lowest BCUT2D eigenvalue weighted by atomic mass is 10.2. The molecule has 0 aliphatic carbocycles. The van der Waals surface area contributed by atoms with E-state index in [1.807, 2.05) is 83.8 Å². The molecule has 0 fully saturated rings. The third-order valence-corrected chi connectivity index (χ3v) is 4.43. The fourth-order valence-corrected chi connectivity index (χ4v) is 2.93. The van der Waals surface area contributed by atoms with Gasteiger partial charge in [-0.3, -0.25) is 9.78 Å². The first kappa shape index (κ1) is 20.3. The topological polar surface area (TPSA) is 42.4 Å². The molecule has 1 amide bonds. The Balaban J connectivity index is 1.56. The quantitative estimate of drug-likeness (QED) is 0.480. The van der Waals surface area contributed by atoms with Crippen LogP contribution in [0, 0.1) is 0 Å². The van der Waals surface area contributed by atoms with Crippen molar-refractivity contribution in [3.8, 4) is 5.75 Å². The maximum atomic E-state index is 12.6. The van der Waals surface area contributed by atoms with Crippen LogP contribution < -0.4 is 4.74 Å². The molecule has 3 aromatic rings. The zero-order valence-corrected chi connectivity index (χ0v) is 16.7. The third-order valence-electron chi connectivity index (χ3n) is 4.43. The summed E-state index contributed by atoms with van der Waals surface area (Å²) >= 11 is 0. The summed E-state index contributed by atoms with van der Waals surface area (Å²) in [5.74, 6) is 0.794.